The lowest BCUT2D eigenvalue weighted by Gasteiger charge is -2.37. The highest BCUT2D eigenvalue weighted by molar-refractivity contribution is 5.87. The van der Waals surface area contributed by atoms with Crippen LogP contribution in [0.1, 0.15) is 40.0 Å². The number of nitrogens with zero attached hydrogens (tertiary/aromatic N) is 1. The van der Waals surface area contributed by atoms with Gasteiger partial charge in [-0.25, -0.2) is 4.79 Å². The van der Waals surface area contributed by atoms with Crippen molar-refractivity contribution in [2.75, 3.05) is 6.54 Å². The molecule has 0 bridgehead atoms. The molecule has 0 aromatic heterocycles. The van der Waals surface area contributed by atoms with Gasteiger partial charge in [0.1, 0.15) is 6.04 Å². The van der Waals surface area contributed by atoms with E-state index in [1.165, 1.54) is 4.90 Å². The van der Waals surface area contributed by atoms with Gasteiger partial charge in [-0.3, -0.25) is 4.79 Å². The number of carboxylic acid groups (broad SMARTS) is 1. The third-order valence-corrected chi connectivity index (χ3v) is 3.48. The minimum atomic E-state index is -0.924. The molecular formula is C13H24N2O3. The number of aliphatic carboxylic acids is 1. The molecule has 3 atom stereocenters. The monoisotopic (exact) mass is 256 g/mol. The van der Waals surface area contributed by atoms with E-state index in [1.54, 1.807) is 0 Å². The Bertz CT molecular complexity index is 317. The second-order valence-electron chi connectivity index (χ2n) is 5.75. The van der Waals surface area contributed by atoms with Crippen molar-refractivity contribution in [2.45, 2.75) is 52.1 Å². The van der Waals surface area contributed by atoms with Crippen molar-refractivity contribution < 1.29 is 14.7 Å². The lowest BCUT2D eigenvalue weighted by atomic mass is 9.91. The van der Waals surface area contributed by atoms with Crippen LogP contribution in [0.15, 0.2) is 0 Å². The maximum absolute atomic E-state index is 12.2. The molecule has 0 aromatic carbocycles. The molecule has 3 N–H and O–H groups in total. The van der Waals surface area contributed by atoms with Crippen molar-refractivity contribution >= 4 is 11.9 Å². The number of hydrogen-bond acceptors (Lipinski definition) is 3. The fourth-order valence-corrected chi connectivity index (χ4v) is 2.46. The van der Waals surface area contributed by atoms with E-state index in [1.807, 2.05) is 20.8 Å². The minimum Gasteiger partial charge on any atom is -0.480 e. The maximum atomic E-state index is 12.2. The van der Waals surface area contributed by atoms with E-state index in [9.17, 15) is 14.7 Å². The Kier molecular flexibility index (Phi) is 5.14. The Morgan fingerprint density at radius 2 is 2.06 bits per heavy atom. The van der Waals surface area contributed by atoms with Gasteiger partial charge in [0.15, 0.2) is 0 Å². The summed E-state index contributed by atoms with van der Waals surface area (Å²) in [4.78, 5) is 24.9. The molecule has 2 unspecified atom stereocenters. The molecule has 5 heteroatoms. The van der Waals surface area contributed by atoms with E-state index in [2.05, 4.69) is 0 Å². The van der Waals surface area contributed by atoms with Crippen molar-refractivity contribution in [3.05, 3.63) is 0 Å². The first-order chi connectivity index (χ1) is 8.32. The summed E-state index contributed by atoms with van der Waals surface area (Å²) in [6, 6.07) is -1.29. The van der Waals surface area contributed by atoms with Crippen LogP contribution in [-0.2, 0) is 9.59 Å². The van der Waals surface area contributed by atoms with E-state index in [-0.39, 0.29) is 5.91 Å². The molecule has 0 saturated carbocycles. The molecule has 0 radical (unpaired) electrons. The van der Waals surface area contributed by atoms with E-state index in [0.717, 1.165) is 6.42 Å². The molecule has 104 valence electrons. The molecule has 0 aromatic rings. The topological polar surface area (TPSA) is 83.6 Å². The zero-order chi connectivity index (χ0) is 13.9. The third kappa shape index (κ3) is 3.70. The van der Waals surface area contributed by atoms with E-state index in [4.69, 9.17) is 5.73 Å². The van der Waals surface area contributed by atoms with Gasteiger partial charge in [-0.2, -0.15) is 0 Å². The summed E-state index contributed by atoms with van der Waals surface area (Å²) in [6.45, 7) is 6.52. The van der Waals surface area contributed by atoms with Crippen LogP contribution in [0.5, 0.6) is 0 Å². The van der Waals surface area contributed by atoms with Gasteiger partial charge in [0.2, 0.25) is 5.91 Å². The summed E-state index contributed by atoms with van der Waals surface area (Å²) >= 11 is 0. The van der Waals surface area contributed by atoms with E-state index in [0.29, 0.717) is 31.2 Å². The van der Waals surface area contributed by atoms with Crippen LogP contribution >= 0.6 is 0 Å². The molecule has 18 heavy (non-hydrogen) atoms. The Morgan fingerprint density at radius 1 is 1.44 bits per heavy atom. The predicted octanol–water partition coefficient (Wildman–Crippen LogP) is 1.07. The lowest BCUT2D eigenvalue weighted by molar-refractivity contribution is -0.153. The highest BCUT2D eigenvalue weighted by Gasteiger charge is 2.36. The van der Waals surface area contributed by atoms with Crippen LogP contribution in [0.2, 0.25) is 0 Å². The number of amides is 1. The molecule has 1 rings (SSSR count). The average molecular weight is 256 g/mol. The minimum absolute atomic E-state index is 0.219. The Hall–Kier alpha value is -1.10. The second kappa shape index (κ2) is 6.18. The van der Waals surface area contributed by atoms with Crippen LogP contribution in [0.25, 0.3) is 0 Å². The molecule has 1 aliphatic heterocycles. The fourth-order valence-electron chi connectivity index (χ4n) is 2.46. The number of hydrogen-bond donors (Lipinski definition) is 2. The van der Waals surface area contributed by atoms with Crippen LogP contribution in [0.3, 0.4) is 0 Å². The number of carboxylic acids is 1. The smallest absolute Gasteiger partial charge is 0.326 e. The second-order valence-corrected chi connectivity index (χ2v) is 5.75. The predicted molar refractivity (Wildman–Crippen MR) is 69.0 cm³/mol. The number of likely N-dealkylation sites (tertiary alicyclic amines) is 1. The lowest BCUT2D eigenvalue weighted by Crippen LogP contribution is -2.54. The first-order valence-corrected chi connectivity index (χ1v) is 6.61. The van der Waals surface area contributed by atoms with Gasteiger partial charge in [0.25, 0.3) is 0 Å². The van der Waals surface area contributed by atoms with Gasteiger partial charge < -0.3 is 15.7 Å². The van der Waals surface area contributed by atoms with Crippen LogP contribution in [-0.4, -0.2) is 40.5 Å². The molecule has 1 aliphatic rings. The molecule has 5 nitrogen and oxygen atoms in total. The molecule has 0 aliphatic carbocycles. The highest BCUT2D eigenvalue weighted by atomic mass is 16.4. The Morgan fingerprint density at radius 3 is 2.56 bits per heavy atom. The first-order valence-electron chi connectivity index (χ1n) is 6.61. The summed E-state index contributed by atoms with van der Waals surface area (Å²) in [5.41, 5.74) is 5.86. The van der Waals surface area contributed by atoms with Gasteiger partial charge in [0, 0.05) is 6.54 Å². The molecule has 0 spiro atoms. The Balaban J connectivity index is 2.72. The zero-order valence-electron chi connectivity index (χ0n) is 11.4. The molecule has 1 fully saturated rings. The quantitative estimate of drug-likeness (QED) is 0.788. The number of piperidine rings is 1. The molecular weight excluding hydrogens is 232 g/mol. The van der Waals surface area contributed by atoms with Crippen LogP contribution in [0, 0.1) is 11.8 Å². The van der Waals surface area contributed by atoms with Crippen LogP contribution < -0.4 is 5.73 Å². The van der Waals surface area contributed by atoms with Crippen molar-refractivity contribution in [3.8, 4) is 0 Å². The number of rotatable bonds is 4. The third-order valence-electron chi connectivity index (χ3n) is 3.48. The van der Waals surface area contributed by atoms with Gasteiger partial charge >= 0.3 is 5.97 Å². The summed E-state index contributed by atoms with van der Waals surface area (Å²) in [7, 11) is 0. The standard InChI is InChI=1S/C13H24N2O3/c1-8(2)6-10(14)12(16)15-5-4-9(3)7-11(15)13(17)18/h8-11H,4-7,14H2,1-3H3,(H,17,18)/t9?,10-,11?/m0/s1. The average Bonchev–Trinajstić information content (AvgIpc) is 2.26. The van der Waals surface area contributed by atoms with Gasteiger partial charge in [0.05, 0.1) is 6.04 Å². The first kappa shape index (κ1) is 15.0. The maximum Gasteiger partial charge on any atom is 0.326 e. The summed E-state index contributed by atoms with van der Waals surface area (Å²) < 4.78 is 0. The highest BCUT2D eigenvalue weighted by Crippen LogP contribution is 2.23. The van der Waals surface area contributed by atoms with Crippen LogP contribution in [0.4, 0.5) is 0 Å². The SMILES string of the molecule is CC(C)C[C@H](N)C(=O)N1CCC(C)CC1C(=O)O. The zero-order valence-corrected chi connectivity index (χ0v) is 11.4. The van der Waals surface area contributed by atoms with Crippen molar-refractivity contribution in [1.29, 1.82) is 0 Å². The summed E-state index contributed by atoms with van der Waals surface area (Å²) in [5.74, 6) is -0.470. The van der Waals surface area contributed by atoms with Gasteiger partial charge in [-0.1, -0.05) is 20.8 Å². The number of carbonyl (C=O) groups excluding carboxylic acids is 1. The number of carbonyl (C=O) groups is 2. The molecule has 1 heterocycles. The van der Waals surface area contributed by atoms with Gasteiger partial charge in [-0.15, -0.1) is 0 Å². The fraction of sp³-hybridized carbons (Fsp3) is 0.846. The normalized spacial score (nSPS) is 26.2. The Labute approximate surface area is 108 Å². The number of nitrogens with two attached hydrogens (primary N) is 1. The summed E-state index contributed by atoms with van der Waals surface area (Å²) in [5, 5.41) is 9.20. The van der Waals surface area contributed by atoms with Crippen molar-refractivity contribution in [2.24, 2.45) is 17.6 Å². The van der Waals surface area contributed by atoms with E-state index >= 15 is 0 Å². The molecule has 1 saturated heterocycles. The van der Waals surface area contributed by atoms with Crippen molar-refractivity contribution in [3.63, 3.8) is 0 Å². The largest absolute Gasteiger partial charge is 0.480 e. The van der Waals surface area contributed by atoms with E-state index < -0.39 is 18.1 Å². The van der Waals surface area contributed by atoms with Crippen molar-refractivity contribution in [1.82, 2.24) is 4.90 Å². The summed E-state index contributed by atoms with van der Waals surface area (Å²) in [6.07, 6.45) is 1.97. The molecule has 1 amide bonds. The van der Waals surface area contributed by atoms with Gasteiger partial charge in [-0.05, 0) is 31.1 Å².